The van der Waals surface area contributed by atoms with Crippen molar-refractivity contribution in [3.8, 4) is 11.1 Å². The lowest BCUT2D eigenvalue weighted by molar-refractivity contribution is 0.151. The number of halogens is 5. The van der Waals surface area contributed by atoms with Crippen LogP contribution in [0.5, 0.6) is 0 Å². The van der Waals surface area contributed by atoms with E-state index in [0.29, 0.717) is 26.2 Å². The van der Waals surface area contributed by atoms with Crippen molar-refractivity contribution in [2.24, 2.45) is 0 Å². The first-order chi connectivity index (χ1) is 8.50. The van der Waals surface area contributed by atoms with Gasteiger partial charge in [-0.05, 0) is 18.2 Å². The lowest BCUT2D eigenvalue weighted by Crippen LogP contribution is -1.88. The minimum atomic E-state index is -2.56. The van der Waals surface area contributed by atoms with Gasteiger partial charge in [0, 0.05) is 21.7 Å². The van der Waals surface area contributed by atoms with Crippen molar-refractivity contribution in [2.45, 2.75) is 6.43 Å². The average molecular weight is 308 g/mol. The van der Waals surface area contributed by atoms with Crippen LogP contribution in [0.25, 0.3) is 11.1 Å². The van der Waals surface area contributed by atoms with Crippen LogP contribution in [0.3, 0.4) is 0 Å². The first-order valence-electron chi connectivity index (χ1n) is 5.02. The Hall–Kier alpha value is -0.830. The lowest BCUT2D eigenvalue weighted by Gasteiger charge is -2.10. The van der Waals surface area contributed by atoms with E-state index in [0.717, 1.165) is 0 Å². The van der Waals surface area contributed by atoms with Crippen molar-refractivity contribution >= 4 is 34.8 Å². The van der Waals surface area contributed by atoms with Gasteiger partial charge in [-0.3, -0.25) is 0 Å². The van der Waals surface area contributed by atoms with E-state index in [4.69, 9.17) is 34.8 Å². The van der Waals surface area contributed by atoms with E-state index in [1.807, 2.05) is 0 Å². The molecular formula is C13H7Cl3F2. The van der Waals surface area contributed by atoms with Gasteiger partial charge in [-0.15, -0.1) is 0 Å². The molecule has 0 aromatic heterocycles. The van der Waals surface area contributed by atoms with E-state index < -0.39 is 6.43 Å². The normalized spacial score (nSPS) is 11.0. The van der Waals surface area contributed by atoms with Crippen LogP contribution in [0.4, 0.5) is 8.78 Å². The third-order valence-corrected chi connectivity index (χ3v) is 3.63. The quantitative estimate of drug-likeness (QED) is 0.615. The zero-order valence-corrected chi connectivity index (χ0v) is 11.2. The van der Waals surface area contributed by atoms with Gasteiger partial charge < -0.3 is 0 Å². The lowest BCUT2D eigenvalue weighted by atomic mass is 10.0. The van der Waals surface area contributed by atoms with E-state index >= 15 is 0 Å². The van der Waals surface area contributed by atoms with Gasteiger partial charge in [-0.1, -0.05) is 53.0 Å². The molecule has 0 aliphatic carbocycles. The first kappa shape index (κ1) is 13.6. The van der Waals surface area contributed by atoms with Crippen LogP contribution < -0.4 is 0 Å². The molecule has 0 N–H and O–H groups in total. The summed E-state index contributed by atoms with van der Waals surface area (Å²) in [7, 11) is 0. The van der Waals surface area contributed by atoms with Crippen molar-refractivity contribution in [1.29, 1.82) is 0 Å². The highest BCUT2D eigenvalue weighted by Crippen LogP contribution is 2.38. The fourth-order valence-electron chi connectivity index (χ4n) is 1.60. The molecule has 0 bridgehead atoms. The fraction of sp³-hybridized carbons (Fsp3) is 0.0769. The molecule has 0 nitrogen and oxygen atoms in total. The summed E-state index contributed by atoms with van der Waals surface area (Å²) in [5, 5.41) is 1.00. The smallest absolute Gasteiger partial charge is 0.205 e. The maximum atomic E-state index is 12.7. The third kappa shape index (κ3) is 2.61. The average Bonchev–Trinajstić information content (AvgIpc) is 2.33. The van der Waals surface area contributed by atoms with Crippen molar-refractivity contribution in [3.63, 3.8) is 0 Å². The van der Waals surface area contributed by atoms with Gasteiger partial charge in [-0.2, -0.15) is 0 Å². The molecule has 0 unspecified atom stereocenters. The first-order valence-corrected chi connectivity index (χ1v) is 6.16. The molecule has 0 amide bonds. The summed E-state index contributed by atoms with van der Waals surface area (Å²) in [6, 6.07) is 9.03. The molecule has 94 valence electrons. The number of hydrogen-bond acceptors (Lipinski definition) is 0. The highest BCUT2D eigenvalue weighted by molar-refractivity contribution is 6.44. The standard InChI is InChI=1S/C13H7Cl3F2/c14-10-5-4-7(13(17)18)6-9(10)8-2-1-3-11(15)12(8)16/h1-6,13H. The summed E-state index contributed by atoms with van der Waals surface area (Å²) in [4.78, 5) is 0. The van der Waals surface area contributed by atoms with Gasteiger partial charge >= 0.3 is 0 Å². The van der Waals surface area contributed by atoms with E-state index in [1.54, 1.807) is 18.2 Å². The van der Waals surface area contributed by atoms with Gasteiger partial charge in [0.15, 0.2) is 0 Å². The molecule has 0 spiro atoms. The molecule has 2 rings (SSSR count). The number of alkyl halides is 2. The van der Waals surface area contributed by atoms with Crippen molar-refractivity contribution in [1.82, 2.24) is 0 Å². The van der Waals surface area contributed by atoms with Crippen LogP contribution in [-0.4, -0.2) is 0 Å². The summed E-state index contributed by atoms with van der Waals surface area (Å²) in [6.07, 6.45) is -2.56. The van der Waals surface area contributed by atoms with Gasteiger partial charge in [0.05, 0.1) is 10.0 Å². The second kappa shape index (κ2) is 5.43. The Morgan fingerprint density at radius 1 is 0.833 bits per heavy atom. The summed E-state index contributed by atoms with van der Waals surface area (Å²) >= 11 is 18.0. The van der Waals surface area contributed by atoms with Crippen LogP contribution in [0.2, 0.25) is 15.1 Å². The second-order valence-electron chi connectivity index (χ2n) is 3.64. The SMILES string of the molecule is FC(F)c1ccc(Cl)c(-c2cccc(Cl)c2Cl)c1. The Balaban J connectivity index is 2.63. The molecule has 2 aromatic rings. The Bertz CT molecular complexity index is 582. The Kier molecular flexibility index (Phi) is 4.10. The second-order valence-corrected chi connectivity index (χ2v) is 4.83. The Labute approximate surface area is 118 Å². The summed E-state index contributed by atoms with van der Waals surface area (Å²) < 4.78 is 25.3. The molecule has 0 radical (unpaired) electrons. The van der Waals surface area contributed by atoms with E-state index in [2.05, 4.69) is 0 Å². The predicted molar refractivity (Wildman–Crippen MR) is 71.9 cm³/mol. The predicted octanol–water partition coefficient (Wildman–Crippen LogP) is 6.25. The molecule has 2 aromatic carbocycles. The topological polar surface area (TPSA) is 0 Å². The number of benzene rings is 2. The van der Waals surface area contributed by atoms with Crippen LogP contribution in [0, 0.1) is 0 Å². The molecule has 0 aliphatic rings. The molecule has 18 heavy (non-hydrogen) atoms. The number of hydrogen-bond donors (Lipinski definition) is 0. The van der Waals surface area contributed by atoms with E-state index in [-0.39, 0.29) is 5.56 Å². The van der Waals surface area contributed by atoms with Crippen LogP contribution in [0.15, 0.2) is 36.4 Å². The fourth-order valence-corrected chi connectivity index (χ4v) is 2.22. The Morgan fingerprint density at radius 2 is 1.56 bits per heavy atom. The van der Waals surface area contributed by atoms with Gasteiger partial charge in [0.1, 0.15) is 0 Å². The van der Waals surface area contributed by atoms with Gasteiger partial charge in [0.25, 0.3) is 6.43 Å². The summed E-state index contributed by atoms with van der Waals surface area (Å²) in [5.41, 5.74) is 0.879. The molecule has 0 atom stereocenters. The molecule has 0 heterocycles. The molecule has 5 heteroatoms. The van der Waals surface area contributed by atoms with E-state index in [1.165, 1.54) is 18.2 Å². The minimum absolute atomic E-state index is 0.106. The molecule has 0 fully saturated rings. The summed E-state index contributed by atoms with van der Waals surface area (Å²) in [6.45, 7) is 0. The maximum Gasteiger partial charge on any atom is 0.263 e. The monoisotopic (exact) mass is 306 g/mol. The van der Waals surface area contributed by atoms with Crippen LogP contribution >= 0.6 is 34.8 Å². The third-order valence-electron chi connectivity index (χ3n) is 2.48. The maximum absolute atomic E-state index is 12.7. The van der Waals surface area contributed by atoms with Crippen LogP contribution in [-0.2, 0) is 0 Å². The largest absolute Gasteiger partial charge is 0.263 e. The molecule has 0 saturated carbocycles. The minimum Gasteiger partial charge on any atom is -0.205 e. The van der Waals surface area contributed by atoms with Crippen molar-refractivity contribution in [2.75, 3.05) is 0 Å². The zero-order chi connectivity index (χ0) is 13.3. The number of rotatable bonds is 2. The molecule has 0 aliphatic heterocycles. The van der Waals surface area contributed by atoms with Gasteiger partial charge in [-0.25, -0.2) is 8.78 Å². The highest BCUT2D eigenvalue weighted by atomic mass is 35.5. The van der Waals surface area contributed by atoms with Crippen molar-refractivity contribution < 1.29 is 8.78 Å². The molecule has 0 saturated heterocycles. The van der Waals surface area contributed by atoms with Crippen LogP contribution in [0.1, 0.15) is 12.0 Å². The zero-order valence-electron chi connectivity index (χ0n) is 8.93. The Morgan fingerprint density at radius 3 is 2.22 bits per heavy atom. The van der Waals surface area contributed by atoms with Crippen molar-refractivity contribution in [3.05, 3.63) is 57.0 Å². The summed E-state index contributed by atoms with van der Waals surface area (Å²) in [5.74, 6) is 0. The molecular weight excluding hydrogens is 300 g/mol. The highest BCUT2D eigenvalue weighted by Gasteiger charge is 2.14. The van der Waals surface area contributed by atoms with E-state index in [9.17, 15) is 8.78 Å². The van der Waals surface area contributed by atoms with Gasteiger partial charge in [0.2, 0.25) is 0 Å².